The van der Waals surface area contributed by atoms with Crippen LogP contribution in [0.25, 0.3) is 0 Å². The van der Waals surface area contributed by atoms with Crippen LogP contribution in [0.3, 0.4) is 0 Å². The maximum Gasteiger partial charge on any atom is 0.419 e. The van der Waals surface area contributed by atoms with E-state index < -0.39 is 29.4 Å². The average Bonchev–Trinajstić information content (AvgIpc) is 3.01. The summed E-state index contributed by atoms with van der Waals surface area (Å²) in [5.41, 5.74) is 3.86. The van der Waals surface area contributed by atoms with Gasteiger partial charge in [-0.3, -0.25) is 0 Å². The number of nitrogens with two attached hydrogens (primary N) is 1. The van der Waals surface area contributed by atoms with Crippen LogP contribution in [0.1, 0.15) is 30.0 Å². The van der Waals surface area contributed by atoms with Gasteiger partial charge in [0.05, 0.1) is 5.56 Å². The van der Waals surface area contributed by atoms with Gasteiger partial charge in [0.15, 0.2) is 0 Å². The van der Waals surface area contributed by atoms with Crippen LogP contribution in [0.4, 0.5) is 22.0 Å². The molecule has 1 atom stereocenters. The van der Waals surface area contributed by atoms with Crippen molar-refractivity contribution in [2.45, 2.75) is 25.1 Å². The molecule has 2 N–H and O–H groups in total. The van der Waals surface area contributed by atoms with E-state index in [0.29, 0.717) is 6.07 Å². The first-order valence-corrected chi connectivity index (χ1v) is 5.12. The van der Waals surface area contributed by atoms with Crippen LogP contribution in [0.2, 0.25) is 0 Å². The smallest absolute Gasteiger partial charge is 0.324 e. The molecule has 1 aliphatic carbocycles. The molecule has 1 aromatic rings. The molecule has 0 heterocycles. The molecule has 6 heteroatoms. The molecule has 0 radical (unpaired) electrons. The average molecular weight is 251 g/mol. The normalized spacial score (nSPS) is 18.2. The van der Waals surface area contributed by atoms with Crippen molar-refractivity contribution in [1.29, 1.82) is 0 Å². The Kier molecular flexibility index (Phi) is 2.85. The van der Waals surface area contributed by atoms with Gasteiger partial charge in [-0.1, -0.05) is 0 Å². The van der Waals surface area contributed by atoms with Crippen LogP contribution in [-0.2, 0) is 6.18 Å². The fourth-order valence-electron chi connectivity index (χ4n) is 1.74. The van der Waals surface area contributed by atoms with Crippen molar-refractivity contribution in [1.82, 2.24) is 0 Å². The summed E-state index contributed by atoms with van der Waals surface area (Å²) in [6.45, 7) is 0. The first-order chi connectivity index (χ1) is 7.80. The number of hydrogen-bond donors (Lipinski definition) is 1. The Morgan fingerprint density at radius 2 is 1.71 bits per heavy atom. The minimum absolute atomic E-state index is 0.0423. The van der Waals surface area contributed by atoms with Gasteiger partial charge in [0, 0.05) is 11.6 Å². The summed E-state index contributed by atoms with van der Waals surface area (Å²) < 4.78 is 63.6. The van der Waals surface area contributed by atoms with Crippen LogP contribution in [0.15, 0.2) is 12.1 Å². The molecular formula is C11H10F5N. The number of hydrogen-bond acceptors (Lipinski definition) is 1. The number of rotatable bonds is 2. The largest absolute Gasteiger partial charge is 0.419 e. The summed E-state index contributed by atoms with van der Waals surface area (Å²) in [5.74, 6) is -2.54. The van der Waals surface area contributed by atoms with Crippen molar-refractivity contribution in [2.24, 2.45) is 11.7 Å². The van der Waals surface area contributed by atoms with Crippen LogP contribution in [0, 0.1) is 17.6 Å². The van der Waals surface area contributed by atoms with E-state index in [-0.39, 0.29) is 17.5 Å². The first kappa shape index (κ1) is 12.3. The summed E-state index contributed by atoms with van der Waals surface area (Å²) in [5, 5.41) is 0. The molecule has 17 heavy (non-hydrogen) atoms. The van der Waals surface area contributed by atoms with Gasteiger partial charge in [0.1, 0.15) is 11.6 Å². The zero-order valence-corrected chi connectivity index (χ0v) is 8.69. The van der Waals surface area contributed by atoms with Gasteiger partial charge >= 0.3 is 6.18 Å². The second-order valence-electron chi connectivity index (χ2n) is 4.21. The lowest BCUT2D eigenvalue weighted by atomic mass is 10.0. The zero-order valence-electron chi connectivity index (χ0n) is 8.69. The highest BCUT2D eigenvalue weighted by atomic mass is 19.4. The Morgan fingerprint density at radius 1 is 1.12 bits per heavy atom. The van der Waals surface area contributed by atoms with Crippen LogP contribution in [-0.4, -0.2) is 0 Å². The highest BCUT2D eigenvalue weighted by Crippen LogP contribution is 2.41. The van der Waals surface area contributed by atoms with Crippen LogP contribution in [0.5, 0.6) is 0 Å². The molecular weight excluding hydrogens is 241 g/mol. The third kappa shape index (κ3) is 2.41. The van der Waals surface area contributed by atoms with E-state index in [4.69, 9.17) is 5.73 Å². The topological polar surface area (TPSA) is 26.0 Å². The minimum atomic E-state index is -4.90. The van der Waals surface area contributed by atoms with Crippen molar-refractivity contribution in [3.63, 3.8) is 0 Å². The Balaban J connectivity index is 2.41. The lowest BCUT2D eigenvalue weighted by molar-refractivity contribution is -0.140. The molecule has 0 aliphatic heterocycles. The van der Waals surface area contributed by atoms with E-state index in [1.807, 2.05) is 0 Å². The van der Waals surface area contributed by atoms with Gasteiger partial charge in [-0.05, 0) is 30.9 Å². The molecule has 2 rings (SSSR count). The molecule has 0 amide bonds. The molecule has 94 valence electrons. The van der Waals surface area contributed by atoms with Crippen molar-refractivity contribution < 1.29 is 22.0 Å². The number of benzene rings is 1. The highest BCUT2D eigenvalue weighted by Gasteiger charge is 2.37. The van der Waals surface area contributed by atoms with Crippen LogP contribution >= 0.6 is 0 Å². The highest BCUT2D eigenvalue weighted by molar-refractivity contribution is 5.31. The van der Waals surface area contributed by atoms with Gasteiger partial charge in [-0.2, -0.15) is 13.2 Å². The quantitative estimate of drug-likeness (QED) is 0.801. The molecule has 1 nitrogen and oxygen atoms in total. The Hall–Kier alpha value is -1.17. The monoisotopic (exact) mass is 251 g/mol. The van der Waals surface area contributed by atoms with Gasteiger partial charge in [-0.15, -0.1) is 0 Å². The fourth-order valence-corrected chi connectivity index (χ4v) is 1.74. The summed E-state index contributed by atoms with van der Waals surface area (Å²) in [6, 6.07) is 0.000378. The van der Waals surface area contributed by atoms with Gasteiger partial charge in [0.2, 0.25) is 0 Å². The predicted molar refractivity (Wildman–Crippen MR) is 51.0 cm³/mol. The third-order valence-corrected chi connectivity index (χ3v) is 2.88. The molecule has 1 aliphatic rings. The standard InChI is InChI=1S/C11H10F5N/c12-8-4-7(11(14,15)16)9(13)3-6(8)10(17)5-1-2-5/h3-5,10H,1-2,17H2/t10-/m1/s1. The predicted octanol–water partition coefficient (Wildman–Crippen LogP) is 3.39. The first-order valence-electron chi connectivity index (χ1n) is 5.12. The van der Waals surface area contributed by atoms with Gasteiger partial charge in [-0.25, -0.2) is 8.78 Å². The van der Waals surface area contributed by atoms with E-state index >= 15 is 0 Å². The zero-order chi connectivity index (χ0) is 12.8. The van der Waals surface area contributed by atoms with Crippen molar-refractivity contribution in [3.8, 4) is 0 Å². The second-order valence-corrected chi connectivity index (χ2v) is 4.21. The van der Waals surface area contributed by atoms with Crippen LogP contribution < -0.4 is 5.73 Å². The second kappa shape index (κ2) is 3.94. The Morgan fingerprint density at radius 3 is 2.18 bits per heavy atom. The molecule has 0 bridgehead atoms. The number of halogens is 5. The summed E-state index contributed by atoms with van der Waals surface area (Å²) in [4.78, 5) is 0. The lowest BCUT2D eigenvalue weighted by Gasteiger charge is -2.15. The number of alkyl halides is 3. The molecule has 0 spiro atoms. The third-order valence-electron chi connectivity index (χ3n) is 2.88. The van der Waals surface area contributed by atoms with Crippen molar-refractivity contribution in [2.75, 3.05) is 0 Å². The lowest BCUT2D eigenvalue weighted by Crippen LogP contribution is -2.17. The molecule has 0 saturated heterocycles. The summed E-state index contributed by atoms with van der Waals surface area (Å²) >= 11 is 0. The Bertz CT molecular complexity index is 436. The van der Waals surface area contributed by atoms with Crippen molar-refractivity contribution >= 4 is 0 Å². The fraction of sp³-hybridized carbons (Fsp3) is 0.455. The SMILES string of the molecule is N[C@@H](c1cc(F)c(C(F)(F)F)cc1F)C1CC1. The minimum Gasteiger partial charge on any atom is -0.324 e. The molecule has 0 unspecified atom stereocenters. The van der Waals surface area contributed by atoms with Crippen molar-refractivity contribution in [3.05, 3.63) is 34.9 Å². The molecule has 1 fully saturated rings. The Labute approximate surface area is 94.4 Å². The summed E-state index contributed by atoms with van der Waals surface area (Å²) in [6.07, 6.45) is -3.31. The molecule has 1 aromatic carbocycles. The maximum absolute atomic E-state index is 13.5. The van der Waals surface area contributed by atoms with E-state index in [2.05, 4.69) is 0 Å². The van der Waals surface area contributed by atoms with Gasteiger partial charge < -0.3 is 5.73 Å². The van der Waals surface area contributed by atoms with Gasteiger partial charge in [0.25, 0.3) is 0 Å². The molecule has 0 aromatic heterocycles. The van der Waals surface area contributed by atoms with E-state index in [0.717, 1.165) is 12.8 Å². The van der Waals surface area contributed by atoms with E-state index in [1.165, 1.54) is 0 Å². The maximum atomic E-state index is 13.5. The summed E-state index contributed by atoms with van der Waals surface area (Å²) in [7, 11) is 0. The van der Waals surface area contributed by atoms with E-state index in [1.54, 1.807) is 0 Å². The van der Waals surface area contributed by atoms with E-state index in [9.17, 15) is 22.0 Å². The molecule has 1 saturated carbocycles.